The van der Waals surface area contributed by atoms with E-state index in [0.29, 0.717) is 16.7 Å². The summed E-state index contributed by atoms with van der Waals surface area (Å²) < 4.78 is 21.1. The summed E-state index contributed by atoms with van der Waals surface area (Å²) in [6.07, 6.45) is 4.60. The highest BCUT2D eigenvalue weighted by Crippen LogP contribution is 2.47. The zero-order valence-electron chi connectivity index (χ0n) is 14.7. The molecule has 3 atom stereocenters. The molecule has 0 bridgehead atoms. The van der Waals surface area contributed by atoms with Crippen molar-refractivity contribution in [1.82, 2.24) is 14.7 Å². The van der Waals surface area contributed by atoms with Crippen LogP contribution in [0.3, 0.4) is 0 Å². The van der Waals surface area contributed by atoms with E-state index in [9.17, 15) is 9.18 Å². The number of hydrogen-bond donors (Lipinski definition) is 1. The largest absolute Gasteiger partial charge is 0.459 e. The van der Waals surface area contributed by atoms with Crippen LogP contribution in [0.25, 0.3) is 16.5 Å². The molecule has 5 nitrogen and oxygen atoms in total. The van der Waals surface area contributed by atoms with Gasteiger partial charge in [-0.05, 0) is 49.7 Å². The summed E-state index contributed by atoms with van der Waals surface area (Å²) in [6, 6.07) is 11.8. The standard InChI is InChI=1S/C21H18FN3O2/c1-12(19-9-13-8-14(22)5-6-18(13)27-19)24-21(26)17-10-16(17)20-23-11-15-4-2-3-7-25(15)20/h2-9,11-12,16-17H,10H2,1H3,(H,24,26)/t12?,16-,17-/m0/s1. The normalized spacial score (nSPS) is 20.1. The van der Waals surface area contributed by atoms with Gasteiger partial charge in [-0.3, -0.25) is 4.79 Å². The Hall–Kier alpha value is -3.15. The van der Waals surface area contributed by atoms with E-state index in [4.69, 9.17) is 4.42 Å². The molecule has 0 aliphatic heterocycles. The van der Waals surface area contributed by atoms with Gasteiger partial charge < -0.3 is 14.1 Å². The van der Waals surface area contributed by atoms with Crippen LogP contribution in [0.15, 0.2) is 59.3 Å². The van der Waals surface area contributed by atoms with Crippen molar-refractivity contribution in [1.29, 1.82) is 0 Å². The number of nitrogens with one attached hydrogen (secondary N) is 1. The van der Waals surface area contributed by atoms with Gasteiger partial charge in [-0.15, -0.1) is 0 Å². The van der Waals surface area contributed by atoms with Gasteiger partial charge >= 0.3 is 0 Å². The fourth-order valence-electron chi connectivity index (χ4n) is 3.65. The smallest absolute Gasteiger partial charge is 0.224 e. The van der Waals surface area contributed by atoms with Crippen molar-refractivity contribution in [3.05, 3.63) is 72.3 Å². The predicted octanol–water partition coefficient (Wildman–Crippen LogP) is 4.20. The summed E-state index contributed by atoms with van der Waals surface area (Å²) in [5.41, 5.74) is 1.64. The Morgan fingerprint density at radius 1 is 1.33 bits per heavy atom. The van der Waals surface area contributed by atoms with Gasteiger partial charge in [0.2, 0.25) is 5.91 Å². The maximum absolute atomic E-state index is 13.3. The number of aromatic nitrogens is 2. The molecule has 0 radical (unpaired) electrons. The quantitative estimate of drug-likeness (QED) is 0.591. The number of amides is 1. The molecule has 5 rings (SSSR count). The molecule has 27 heavy (non-hydrogen) atoms. The van der Waals surface area contributed by atoms with E-state index in [1.165, 1.54) is 12.1 Å². The summed E-state index contributed by atoms with van der Waals surface area (Å²) in [5, 5.41) is 3.70. The van der Waals surface area contributed by atoms with Gasteiger partial charge in [0, 0.05) is 23.4 Å². The van der Waals surface area contributed by atoms with Gasteiger partial charge in [0.25, 0.3) is 0 Å². The lowest BCUT2D eigenvalue weighted by atomic mass is 10.2. The molecule has 4 aromatic rings. The van der Waals surface area contributed by atoms with E-state index in [1.54, 1.807) is 12.1 Å². The Bertz CT molecular complexity index is 1160. The maximum Gasteiger partial charge on any atom is 0.224 e. The summed E-state index contributed by atoms with van der Waals surface area (Å²) in [7, 11) is 0. The maximum atomic E-state index is 13.3. The van der Waals surface area contributed by atoms with Crippen LogP contribution >= 0.6 is 0 Å². The molecule has 1 saturated carbocycles. The fraction of sp³-hybridized carbons (Fsp3) is 0.238. The number of carbonyl (C=O) groups excluding carboxylic acids is 1. The van der Waals surface area contributed by atoms with Crippen LogP contribution in [0.2, 0.25) is 0 Å². The minimum Gasteiger partial charge on any atom is -0.459 e. The highest BCUT2D eigenvalue weighted by Gasteiger charge is 2.46. The topological polar surface area (TPSA) is 59.5 Å². The van der Waals surface area contributed by atoms with Gasteiger partial charge in [0.05, 0.1) is 17.8 Å². The summed E-state index contributed by atoms with van der Waals surface area (Å²) in [5.74, 6) is 1.28. The van der Waals surface area contributed by atoms with Gasteiger partial charge in [0.15, 0.2) is 0 Å². The summed E-state index contributed by atoms with van der Waals surface area (Å²) in [6.45, 7) is 1.87. The van der Waals surface area contributed by atoms with Gasteiger partial charge in [-0.2, -0.15) is 0 Å². The third-order valence-corrected chi connectivity index (χ3v) is 5.21. The lowest BCUT2D eigenvalue weighted by molar-refractivity contribution is -0.123. The monoisotopic (exact) mass is 363 g/mol. The SMILES string of the molecule is CC(NC(=O)[C@H]1C[C@@H]1c1ncc2ccccn12)c1cc2cc(F)ccc2o1. The van der Waals surface area contributed by atoms with E-state index in [0.717, 1.165) is 17.8 Å². The predicted molar refractivity (Wildman–Crippen MR) is 98.8 cm³/mol. The van der Waals surface area contributed by atoms with E-state index in [-0.39, 0.29) is 29.6 Å². The van der Waals surface area contributed by atoms with E-state index < -0.39 is 0 Å². The molecule has 3 heterocycles. The zero-order valence-corrected chi connectivity index (χ0v) is 14.7. The van der Waals surface area contributed by atoms with Crippen molar-refractivity contribution in [2.75, 3.05) is 0 Å². The molecule has 1 N–H and O–H groups in total. The molecule has 3 aromatic heterocycles. The number of imidazole rings is 1. The van der Waals surface area contributed by atoms with Crippen LogP contribution in [0.1, 0.15) is 36.9 Å². The molecule has 1 unspecified atom stereocenters. The van der Waals surface area contributed by atoms with E-state index in [2.05, 4.69) is 10.3 Å². The molecule has 0 spiro atoms. The molecule has 6 heteroatoms. The van der Waals surface area contributed by atoms with Crippen molar-refractivity contribution in [2.45, 2.75) is 25.3 Å². The van der Waals surface area contributed by atoms with Gasteiger partial charge in [0.1, 0.15) is 23.0 Å². The average molecular weight is 363 g/mol. The lowest BCUT2D eigenvalue weighted by Gasteiger charge is -2.11. The second kappa shape index (κ2) is 5.94. The molecule has 136 valence electrons. The van der Waals surface area contributed by atoms with Crippen LogP contribution in [-0.4, -0.2) is 15.3 Å². The van der Waals surface area contributed by atoms with Crippen molar-refractivity contribution in [3.8, 4) is 0 Å². The van der Waals surface area contributed by atoms with Crippen LogP contribution in [0, 0.1) is 11.7 Å². The van der Waals surface area contributed by atoms with Gasteiger partial charge in [-0.25, -0.2) is 9.37 Å². The Kier molecular flexibility index (Phi) is 3.53. The highest BCUT2D eigenvalue weighted by molar-refractivity contribution is 5.83. The zero-order chi connectivity index (χ0) is 18.5. The second-order valence-corrected chi connectivity index (χ2v) is 7.12. The molecule has 1 aromatic carbocycles. The van der Waals surface area contributed by atoms with Crippen LogP contribution < -0.4 is 5.32 Å². The van der Waals surface area contributed by atoms with Crippen LogP contribution in [-0.2, 0) is 4.79 Å². The van der Waals surface area contributed by atoms with Crippen molar-refractivity contribution >= 4 is 22.4 Å². The third-order valence-electron chi connectivity index (χ3n) is 5.21. The Morgan fingerprint density at radius 2 is 2.22 bits per heavy atom. The number of carbonyl (C=O) groups is 1. The Balaban J connectivity index is 1.30. The number of benzene rings is 1. The summed E-state index contributed by atoms with van der Waals surface area (Å²) in [4.78, 5) is 17.1. The molecule has 1 fully saturated rings. The lowest BCUT2D eigenvalue weighted by Crippen LogP contribution is -2.28. The van der Waals surface area contributed by atoms with E-state index >= 15 is 0 Å². The Labute approximate surface area is 154 Å². The molecular formula is C21H18FN3O2. The first-order valence-electron chi connectivity index (χ1n) is 9.01. The van der Waals surface area contributed by atoms with Gasteiger partial charge in [-0.1, -0.05) is 6.07 Å². The number of rotatable bonds is 4. The number of furan rings is 1. The molecule has 1 amide bonds. The third kappa shape index (κ3) is 2.77. The van der Waals surface area contributed by atoms with E-state index in [1.807, 2.05) is 41.9 Å². The number of nitrogens with zero attached hydrogens (tertiary/aromatic N) is 2. The fourth-order valence-corrected chi connectivity index (χ4v) is 3.65. The van der Waals surface area contributed by atoms with Crippen molar-refractivity contribution in [2.24, 2.45) is 5.92 Å². The number of hydrogen-bond acceptors (Lipinski definition) is 3. The highest BCUT2D eigenvalue weighted by atomic mass is 19.1. The second-order valence-electron chi connectivity index (χ2n) is 7.12. The first-order chi connectivity index (χ1) is 13.1. The first-order valence-corrected chi connectivity index (χ1v) is 9.01. The Morgan fingerprint density at radius 3 is 3.11 bits per heavy atom. The molecule has 1 aliphatic carbocycles. The molecular weight excluding hydrogens is 345 g/mol. The minimum absolute atomic E-state index is 0.00758. The van der Waals surface area contributed by atoms with Crippen molar-refractivity contribution in [3.63, 3.8) is 0 Å². The van der Waals surface area contributed by atoms with Crippen LogP contribution in [0.5, 0.6) is 0 Å². The van der Waals surface area contributed by atoms with Crippen molar-refractivity contribution < 1.29 is 13.6 Å². The summed E-state index contributed by atoms with van der Waals surface area (Å²) >= 11 is 0. The number of pyridine rings is 1. The number of fused-ring (bicyclic) bond motifs is 2. The average Bonchev–Trinajstić information content (AvgIpc) is 3.16. The molecule has 0 saturated heterocycles. The number of halogens is 1. The molecule has 1 aliphatic rings. The minimum atomic E-state index is -0.306. The first kappa shape index (κ1) is 16.1. The van der Waals surface area contributed by atoms with Crippen LogP contribution in [0.4, 0.5) is 4.39 Å².